The van der Waals surface area contributed by atoms with E-state index in [2.05, 4.69) is 4.90 Å². The Morgan fingerprint density at radius 3 is 2.15 bits per heavy atom. The zero-order valence-corrected chi connectivity index (χ0v) is 14.4. The molecule has 1 fully saturated rings. The third-order valence-electron chi connectivity index (χ3n) is 4.54. The summed E-state index contributed by atoms with van der Waals surface area (Å²) in [5, 5.41) is 11.1. The Labute approximate surface area is 151 Å². The molecule has 7 heteroatoms. The first-order chi connectivity index (χ1) is 12.5. The van der Waals surface area contributed by atoms with E-state index >= 15 is 0 Å². The van der Waals surface area contributed by atoms with E-state index < -0.39 is 4.92 Å². The fraction of sp³-hybridized carbons (Fsp3) is 0.263. The van der Waals surface area contributed by atoms with Gasteiger partial charge in [-0.15, -0.1) is 0 Å². The van der Waals surface area contributed by atoms with Crippen molar-refractivity contribution < 1.29 is 14.5 Å². The summed E-state index contributed by atoms with van der Waals surface area (Å²) in [6.07, 6.45) is 0. The summed E-state index contributed by atoms with van der Waals surface area (Å²) >= 11 is 0. The van der Waals surface area contributed by atoms with E-state index in [1.165, 1.54) is 19.1 Å². The zero-order chi connectivity index (χ0) is 18.7. The third-order valence-corrected chi connectivity index (χ3v) is 4.54. The smallest absolute Gasteiger partial charge is 0.282 e. The number of anilines is 1. The largest absolute Gasteiger partial charge is 0.368 e. The molecule has 1 heterocycles. The number of hydrogen-bond acceptors (Lipinski definition) is 5. The average Bonchev–Trinajstić information content (AvgIpc) is 2.67. The van der Waals surface area contributed by atoms with Crippen molar-refractivity contribution in [1.29, 1.82) is 0 Å². The molecule has 1 amide bonds. The molecule has 1 saturated heterocycles. The number of carbonyl (C=O) groups is 2. The lowest BCUT2D eigenvalue weighted by Gasteiger charge is -2.36. The van der Waals surface area contributed by atoms with Crippen molar-refractivity contribution in [2.45, 2.75) is 6.92 Å². The van der Waals surface area contributed by atoms with Gasteiger partial charge in [-0.25, -0.2) is 0 Å². The summed E-state index contributed by atoms with van der Waals surface area (Å²) < 4.78 is 0. The van der Waals surface area contributed by atoms with Gasteiger partial charge in [0.2, 0.25) is 0 Å². The third kappa shape index (κ3) is 3.56. The quantitative estimate of drug-likeness (QED) is 0.479. The van der Waals surface area contributed by atoms with E-state index in [1.807, 2.05) is 12.1 Å². The molecule has 0 bridgehead atoms. The second-order valence-corrected chi connectivity index (χ2v) is 6.16. The van der Waals surface area contributed by atoms with Gasteiger partial charge < -0.3 is 9.80 Å². The highest BCUT2D eigenvalue weighted by Gasteiger charge is 2.27. The minimum absolute atomic E-state index is 0.0245. The SMILES string of the molecule is CC(=O)c1ccc(N2CCN(C(=O)c3ccccc3[N+](=O)[O-])CC2)cc1. The maximum atomic E-state index is 12.7. The number of ketones is 1. The first kappa shape index (κ1) is 17.6. The number of piperazine rings is 1. The number of Topliss-reactive ketones (excluding diaryl/α,β-unsaturated/α-hetero) is 1. The Hall–Kier alpha value is -3.22. The molecule has 0 N–H and O–H groups in total. The molecule has 2 aromatic rings. The van der Waals surface area contributed by atoms with Crippen LogP contribution >= 0.6 is 0 Å². The molecule has 0 atom stereocenters. The van der Waals surface area contributed by atoms with Crippen molar-refractivity contribution in [2.75, 3.05) is 31.1 Å². The topological polar surface area (TPSA) is 83.8 Å². The van der Waals surface area contributed by atoms with Gasteiger partial charge in [0, 0.05) is 43.5 Å². The van der Waals surface area contributed by atoms with Crippen LogP contribution in [0.15, 0.2) is 48.5 Å². The van der Waals surface area contributed by atoms with E-state index in [0.29, 0.717) is 31.7 Å². The molecular weight excluding hydrogens is 334 g/mol. The van der Waals surface area contributed by atoms with Crippen molar-refractivity contribution in [2.24, 2.45) is 0 Å². The maximum absolute atomic E-state index is 12.7. The fourth-order valence-corrected chi connectivity index (χ4v) is 3.06. The summed E-state index contributed by atoms with van der Waals surface area (Å²) in [5.41, 5.74) is 1.61. The molecule has 7 nitrogen and oxygen atoms in total. The van der Waals surface area contributed by atoms with Gasteiger partial charge in [0.25, 0.3) is 11.6 Å². The van der Waals surface area contributed by atoms with Crippen molar-refractivity contribution in [1.82, 2.24) is 4.90 Å². The zero-order valence-electron chi connectivity index (χ0n) is 14.4. The van der Waals surface area contributed by atoms with Crippen LogP contribution in [0.4, 0.5) is 11.4 Å². The molecule has 0 aliphatic carbocycles. The number of nitro benzene ring substituents is 1. The lowest BCUT2D eigenvalue weighted by molar-refractivity contribution is -0.385. The molecule has 0 aromatic heterocycles. The van der Waals surface area contributed by atoms with Crippen LogP contribution < -0.4 is 4.90 Å². The molecule has 0 unspecified atom stereocenters. The van der Waals surface area contributed by atoms with E-state index in [-0.39, 0.29) is 22.9 Å². The molecule has 2 aromatic carbocycles. The highest BCUT2D eigenvalue weighted by molar-refractivity contribution is 5.98. The van der Waals surface area contributed by atoms with Crippen LogP contribution in [0.3, 0.4) is 0 Å². The fourth-order valence-electron chi connectivity index (χ4n) is 3.06. The van der Waals surface area contributed by atoms with Crippen molar-refractivity contribution in [3.63, 3.8) is 0 Å². The number of benzene rings is 2. The van der Waals surface area contributed by atoms with Gasteiger partial charge >= 0.3 is 0 Å². The number of nitrogens with zero attached hydrogens (tertiary/aromatic N) is 3. The second kappa shape index (κ2) is 7.35. The predicted octanol–water partition coefficient (Wildman–Crippen LogP) is 2.76. The normalized spacial score (nSPS) is 14.2. The number of rotatable bonds is 4. The first-order valence-corrected chi connectivity index (χ1v) is 8.36. The van der Waals surface area contributed by atoms with Crippen LogP contribution in [-0.4, -0.2) is 47.7 Å². The molecule has 1 aliphatic rings. The number of carbonyl (C=O) groups excluding carboxylic acids is 2. The number of hydrogen-bond donors (Lipinski definition) is 0. The van der Waals surface area contributed by atoms with E-state index in [4.69, 9.17) is 0 Å². The molecule has 0 saturated carbocycles. The summed E-state index contributed by atoms with van der Waals surface area (Å²) in [6, 6.07) is 13.4. The highest BCUT2D eigenvalue weighted by Crippen LogP contribution is 2.22. The Morgan fingerprint density at radius 1 is 0.962 bits per heavy atom. The van der Waals surface area contributed by atoms with Gasteiger partial charge in [-0.2, -0.15) is 0 Å². The molecule has 3 rings (SSSR count). The van der Waals surface area contributed by atoms with E-state index in [9.17, 15) is 19.7 Å². The summed E-state index contributed by atoms with van der Waals surface area (Å²) in [6.45, 7) is 3.76. The minimum atomic E-state index is -0.528. The molecular formula is C19H19N3O4. The minimum Gasteiger partial charge on any atom is -0.368 e. The average molecular weight is 353 g/mol. The molecule has 134 valence electrons. The Kier molecular flexibility index (Phi) is 4.97. The van der Waals surface area contributed by atoms with Crippen LogP contribution in [0.5, 0.6) is 0 Å². The first-order valence-electron chi connectivity index (χ1n) is 8.36. The summed E-state index contributed by atoms with van der Waals surface area (Å²) in [5.74, 6) is -0.291. The van der Waals surface area contributed by atoms with Crippen LogP contribution in [0, 0.1) is 10.1 Å². The number of para-hydroxylation sites is 1. The molecule has 26 heavy (non-hydrogen) atoms. The Balaban J connectivity index is 1.68. The maximum Gasteiger partial charge on any atom is 0.282 e. The highest BCUT2D eigenvalue weighted by atomic mass is 16.6. The van der Waals surface area contributed by atoms with Crippen LogP contribution in [0.2, 0.25) is 0 Å². The predicted molar refractivity (Wildman–Crippen MR) is 97.7 cm³/mol. The number of nitro groups is 1. The van der Waals surface area contributed by atoms with Gasteiger partial charge in [0.05, 0.1) is 4.92 Å². The van der Waals surface area contributed by atoms with Crippen molar-refractivity contribution in [3.8, 4) is 0 Å². The second-order valence-electron chi connectivity index (χ2n) is 6.16. The monoisotopic (exact) mass is 353 g/mol. The van der Waals surface area contributed by atoms with Gasteiger partial charge in [-0.05, 0) is 37.3 Å². The van der Waals surface area contributed by atoms with Crippen LogP contribution in [0.1, 0.15) is 27.6 Å². The molecule has 1 aliphatic heterocycles. The number of amides is 1. The van der Waals surface area contributed by atoms with Crippen LogP contribution in [-0.2, 0) is 0 Å². The summed E-state index contributed by atoms with van der Waals surface area (Å²) in [7, 11) is 0. The van der Waals surface area contributed by atoms with Gasteiger partial charge in [0.15, 0.2) is 5.78 Å². The van der Waals surface area contributed by atoms with E-state index in [0.717, 1.165) is 5.69 Å². The summed E-state index contributed by atoms with van der Waals surface area (Å²) in [4.78, 5) is 38.4. The van der Waals surface area contributed by atoms with Crippen molar-refractivity contribution >= 4 is 23.1 Å². The molecule has 0 spiro atoms. The van der Waals surface area contributed by atoms with Gasteiger partial charge in [-0.1, -0.05) is 12.1 Å². The Morgan fingerprint density at radius 2 is 1.58 bits per heavy atom. The lowest BCUT2D eigenvalue weighted by Crippen LogP contribution is -2.48. The van der Waals surface area contributed by atoms with E-state index in [1.54, 1.807) is 29.2 Å². The Bertz CT molecular complexity index is 840. The van der Waals surface area contributed by atoms with Gasteiger partial charge in [0.1, 0.15) is 5.56 Å². The lowest BCUT2D eigenvalue weighted by atomic mass is 10.1. The van der Waals surface area contributed by atoms with Crippen LogP contribution in [0.25, 0.3) is 0 Å². The van der Waals surface area contributed by atoms with Crippen molar-refractivity contribution in [3.05, 3.63) is 69.8 Å². The van der Waals surface area contributed by atoms with Gasteiger partial charge in [-0.3, -0.25) is 19.7 Å². The molecule has 0 radical (unpaired) electrons. The standard InChI is InChI=1S/C19H19N3O4/c1-14(23)15-6-8-16(9-7-15)20-10-12-21(13-11-20)19(24)17-4-2-3-5-18(17)22(25)26/h2-9H,10-13H2,1H3.